The van der Waals surface area contributed by atoms with Gasteiger partial charge in [-0.15, -0.1) is 23.2 Å². The largest absolute Gasteiger partial charge is 0.504 e. The Labute approximate surface area is 247 Å². The van der Waals surface area contributed by atoms with E-state index in [9.17, 15) is 24.3 Å². The first-order chi connectivity index (χ1) is 19.5. The summed E-state index contributed by atoms with van der Waals surface area (Å²) in [6.07, 6.45) is 3.60. The molecule has 0 aromatic heterocycles. The quantitative estimate of drug-likeness (QED) is 0.307. The number of ether oxygens (including phenoxy) is 1. The number of aromatic hydroxyl groups is 1. The molecule has 0 bridgehead atoms. The molecule has 212 valence electrons. The summed E-state index contributed by atoms with van der Waals surface area (Å²) in [6.45, 7) is 5.79. The van der Waals surface area contributed by atoms with Crippen LogP contribution in [0.4, 0.5) is 5.69 Å². The Kier molecular flexibility index (Phi) is 6.36. The fourth-order valence-corrected chi connectivity index (χ4v) is 8.16. The third-order valence-corrected chi connectivity index (χ3v) is 10.5. The van der Waals surface area contributed by atoms with Crippen molar-refractivity contribution in [1.82, 2.24) is 4.90 Å². The molecule has 0 unspecified atom stereocenters. The lowest BCUT2D eigenvalue weighted by atomic mass is 9.56. The molecular weight excluding hydrogens is 567 g/mol. The van der Waals surface area contributed by atoms with Gasteiger partial charge in [-0.2, -0.15) is 0 Å². The van der Waals surface area contributed by atoms with E-state index in [2.05, 4.69) is 6.58 Å². The van der Waals surface area contributed by atoms with Crippen LogP contribution in [-0.4, -0.2) is 57.0 Å². The molecule has 0 spiro atoms. The van der Waals surface area contributed by atoms with Gasteiger partial charge in [-0.05, 0) is 49.4 Å². The molecule has 1 N–H and O–H groups in total. The van der Waals surface area contributed by atoms with E-state index in [4.69, 9.17) is 27.9 Å². The zero-order chi connectivity index (χ0) is 29.4. The summed E-state index contributed by atoms with van der Waals surface area (Å²) >= 11 is 14.4. The highest BCUT2D eigenvalue weighted by Crippen LogP contribution is 2.66. The second-order valence-electron chi connectivity index (χ2n) is 10.9. The van der Waals surface area contributed by atoms with Gasteiger partial charge in [0, 0.05) is 18.5 Å². The number of anilines is 1. The molecule has 2 saturated heterocycles. The van der Waals surface area contributed by atoms with Gasteiger partial charge in [0.1, 0.15) is 0 Å². The van der Waals surface area contributed by atoms with Gasteiger partial charge in [-0.1, -0.05) is 48.6 Å². The summed E-state index contributed by atoms with van der Waals surface area (Å²) in [4.78, 5) is 53.2. The summed E-state index contributed by atoms with van der Waals surface area (Å²) in [5.41, 5.74) is 2.14. The van der Waals surface area contributed by atoms with Crippen molar-refractivity contribution in [3.63, 3.8) is 0 Å². The smallest absolute Gasteiger partial charge is 0.253 e. The molecule has 10 heteroatoms. The van der Waals surface area contributed by atoms with E-state index in [1.807, 2.05) is 6.08 Å². The number of likely N-dealkylation sites (tertiary alicyclic amines) is 1. The molecular formula is C31H28Cl2N2O6. The third-order valence-electron chi connectivity index (χ3n) is 9.04. The number of benzene rings is 2. The molecule has 41 heavy (non-hydrogen) atoms. The molecule has 3 fully saturated rings. The number of phenols is 1. The summed E-state index contributed by atoms with van der Waals surface area (Å²) in [6, 6.07) is 11.8. The van der Waals surface area contributed by atoms with E-state index in [1.54, 1.807) is 55.5 Å². The number of hydrogen-bond donors (Lipinski definition) is 1. The molecule has 0 radical (unpaired) electrons. The van der Waals surface area contributed by atoms with E-state index in [0.29, 0.717) is 11.3 Å². The Morgan fingerprint density at radius 3 is 2.41 bits per heavy atom. The summed E-state index contributed by atoms with van der Waals surface area (Å²) in [5.74, 6) is -5.40. The molecule has 4 amide bonds. The Morgan fingerprint density at radius 2 is 1.76 bits per heavy atom. The molecule has 2 aromatic rings. The number of hydrogen-bond acceptors (Lipinski definition) is 6. The Bertz CT molecular complexity index is 1550. The van der Waals surface area contributed by atoms with Gasteiger partial charge in [0.2, 0.25) is 11.8 Å². The Balaban J connectivity index is 1.51. The van der Waals surface area contributed by atoms with E-state index in [-0.39, 0.29) is 42.4 Å². The van der Waals surface area contributed by atoms with Crippen LogP contribution in [0.2, 0.25) is 0 Å². The Hall–Kier alpha value is -3.62. The highest BCUT2D eigenvalue weighted by atomic mass is 35.5. The number of halogens is 2. The number of carbonyl (C=O) groups is 4. The molecule has 2 aromatic carbocycles. The number of phenolic OH excluding ortho intramolecular Hbond substituents is 1. The number of carbonyl (C=O) groups excluding carboxylic acids is 4. The highest BCUT2D eigenvalue weighted by Gasteiger charge is 2.76. The monoisotopic (exact) mass is 594 g/mol. The standard InChI is InChI=1S/C31H28Cl2N2O6/c1-4-16-9-11-17(12-10-16)35-26(37)19-14-13-18-21(23(19)27(35)38)15-30(32)28(39)34(3)29(40)31(30,33)24(18)20-7-6-8-22(25(20)36)41-5-2/h4,6-13,19,21,23-24,36H,1,5,14-15H2,2-3H3/t19-,21+,23-,24+,30+,31-/m0/s1. The highest BCUT2D eigenvalue weighted by molar-refractivity contribution is 6.53. The van der Waals surface area contributed by atoms with Gasteiger partial charge in [0.05, 0.1) is 24.1 Å². The van der Waals surface area contributed by atoms with Crippen LogP contribution in [0.5, 0.6) is 11.5 Å². The van der Waals surface area contributed by atoms with Crippen molar-refractivity contribution in [1.29, 1.82) is 0 Å². The van der Waals surface area contributed by atoms with Gasteiger partial charge in [-0.3, -0.25) is 29.0 Å². The summed E-state index contributed by atoms with van der Waals surface area (Å²) in [7, 11) is 1.32. The molecule has 8 nitrogen and oxygen atoms in total. The number of imide groups is 2. The predicted molar refractivity (Wildman–Crippen MR) is 154 cm³/mol. The molecule has 6 atom stereocenters. The van der Waals surface area contributed by atoms with Crippen LogP contribution in [0.15, 0.2) is 60.7 Å². The number of amides is 4. The molecule has 4 aliphatic rings. The first-order valence-electron chi connectivity index (χ1n) is 13.5. The van der Waals surface area contributed by atoms with Crippen LogP contribution in [0.3, 0.4) is 0 Å². The zero-order valence-corrected chi connectivity index (χ0v) is 24.0. The maximum atomic E-state index is 14.0. The van der Waals surface area contributed by atoms with Crippen LogP contribution < -0.4 is 9.64 Å². The lowest BCUT2D eigenvalue weighted by Crippen LogP contribution is -2.60. The van der Waals surface area contributed by atoms with Gasteiger partial charge in [-0.25, -0.2) is 0 Å². The molecule has 2 aliphatic carbocycles. The van der Waals surface area contributed by atoms with Gasteiger partial charge in [0.15, 0.2) is 21.2 Å². The lowest BCUT2D eigenvalue weighted by Gasteiger charge is -2.50. The van der Waals surface area contributed by atoms with E-state index in [1.165, 1.54) is 11.9 Å². The first-order valence-corrected chi connectivity index (χ1v) is 14.2. The van der Waals surface area contributed by atoms with E-state index in [0.717, 1.165) is 10.5 Å². The molecule has 6 rings (SSSR count). The van der Waals surface area contributed by atoms with Crippen LogP contribution in [-0.2, 0) is 19.2 Å². The van der Waals surface area contributed by atoms with Gasteiger partial charge in [0.25, 0.3) is 11.8 Å². The van der Waals surface area contributed by atoms with Crippen molar-refractivity contribution in [3.8, 4) is 11.5 Å². The molecule has 2 heterocycles. The maximum Gasteiger partial charge on any atom is 0.253 e. The van der Waals surface area contributed by atoms with E-state index < -0.39 is 51.1 Å². The number of para-hydroxylation sites is 1. The van der Waals surface area contributed by atoms with Crippen molar-refractivity contribution in [2.45, 2.75) is 35.4 Å². The van der Waals surface area contributed by atoms with Crippen LogP contribution >= 0.6 is 23.2 Å². The van der Waals surface area contributed by atoms with Crippen LogP contribution in [0.1, 0.15) is 36.8 Å². The zero-order valence-electron chi connectivity index (χ0n) is 22.5. The number of alkyl halides is 2. The van der Waals surface area contributed by atoms with Crippen molar-refractivity contribution in [2.75, 3.05) is 18.6 Å². The van der Waals surface area contributed by atoms with Crippen molar-refractivity contribution < 1.29 is 29.0 Å². The average molecular weight is 595 g/mol. The topological polar surface area (TPSA) is 104 Å². The fraction of sp³-hybridized carbons (Fsp3) is 0.355. The second-order valence-corrected chi connectivity index (χ2v) is 12.2. The fourth-order valence-electron chi connectivity index (χ4n) is 7.15. The second kappa shape index (κ2) is 9.46. The number of nitrogens with zero attached hydrogens (tertiary/aromatic N) is 2. The predicted octanol–water partition coefficient (Wildman–Crippen LogP) is 4.63. The molecule has 1 saturated carbocycles. The van der Waals surface area contributed by atoms with Crippen LogP contribution in [0, 0.1) is 17.8 Å². The average Bonchev–Trinajstić information content (AvgIpc) is 3.29. The minimum absolute atomic E-state index is 0.120. The van der Waals surface area contributed by atoms with Crippen molar-refractivity contribution in [3.05, 3.63) is 71.8 Å². The Morgan fingerprint density at radius 1 is 1.05 bits per heavy atom. The number of rotatable bonds is 5. The molecule has 2 aliphatic heterocycles. The van der Waals surface area contributed by atoms with Gasteiger partial charge >= 0.3 is 0 Å². The number of allylic oxidation sites excluding steroid dienone is 2. The van der Waals surface area contributed by atoms with Crippen LogP contribution in [0.25, 0.3) is 6.08 Å². The minimum Gasteiger partial charge on any atom is -0.504 e. The summed E-state index contributed by atoms with van der Waals surface area (Å²) in [5, 5.41) is 11.3. The SMILES string of the molecule is C=Cc1ccc(N2C(=O)[C@H]3[C@H](CC=C4[C@H]3C[C@@]3(Cl)C(=O)N(C)C(=O)[C@@]3(Cl)[C@H]4c3cccc(OCC)c3O)C2=O)cc1. The lowest BCUT2D eigenvalue weighted by molar-refractivity contribution is -0.138. The third kappa shape index (κ3) is 3.53. The van der Waals surface area contributed by atoms with Gasteiger partial charge < -0.3 is 9.84 Å². The number of fused-ring (bicyclic) bond motifs is 4. The summed E-state index contributed by atoms with van der Waals surface area (Å²) < 4.78 is 5.60. The van der Waals surface area contributed by atoms with Crippen molar-refractivity contribution in [2.24, 2.45) is 17.8 Å². The normalized spacial score (nSPS) is 32.4. The minimum atomic E-state index is -1.98. The van der Waals surface area contributed by atoms with Crippen molar-refractivity contribution >= 4 is 58.6 Å². The van der Waals surface area contributed by atoms with E-state index >= 15 is 0 Å². The maximum absolute atomic E-state index is 14.0. The first kappa shape index (κ1) is 27.5.